The Hall–Kier alpha value is -2.11. The zero-order valence-corrected chi connectivity index (χ0v) is 16.0. The molecule has 0 aromatic heterocycles. The number of carboxylic acid groups (broad SMARTS) is 1. The van der Waals surface area contributed by atoms with Crippen LogP contribution in [0.3, 0.4) is 0 Å². The van der Waals surface area contributed by atoms with Crippen LogP contribution in [0.2, 0.25) is 10.0 Å². The Morgan fingerprint density at radius 3 is 2.70 bits per heavy atom. The lowest BCUT2D eigenvalue weighted by molar-refractivity contribution is -0.137. The predicted octanol–water partition coefficient (Wildman–Crippen LogP) is 5.07. The average Bonchev–Trinajstić information content (AvgIpc) is 2.87. The Balaban J connectivity index is 1.92. The lowest BCUT2D eigenvalue weighted by Crippen LogP contribution is -2.29. The third-order valence-corrected chi connectivity index (χ3v) is 5.63. The molecule has 0 heterocycles. The molecule has 0 radical (unpaired) electrons. The highest BCUT2D eigenvalue weighted by atomic mass is 35.5. The van der Waals surface area contributed by atoms with Crippen molar-refractivity contribution in [3.05, 3.63) is 62.9 Å². The van der Waals surface area contributed by atoms with E-state index >= 15 is 0 Å². The first kappa shape index (κ1) is 19.6. The van der Waals surface area contributed by atoms with Crippen LogP contribution >= 0.6 is 23.2 Å². The maximum atomic E-state index is 13.7. The van der Waals surface area contributed by atoms with Crippen molar-refractivity contribution in [1.29, 1.82) is 0 Å². The number of aliphatic carboxylic acids is 1. The number of rotatable bonds is 6. The van der Waals surface area contributed by atoms with Crippen molar-refractivity contribution in [2.45, 2.75) is 31.6 Å². The molecule has 2 aromatic rings. The van der Waals surface area contributed by atoms with E-state index < -0.39 is 17.2 Å². The summed E-state index contributed by atoms with van der Waals surface area (Å²) in [5, 5.41) is 8.90. The van der Waals surface area contributed by atoms with E-state index in [2.05, 4.69) is 0 Å². The summed E-state index contributed by atoms with van der Waals surface area (Å²) in [4.78, 5) is 23.7. The molecular weight excluding hydrogens is 394 g/mol. The van der Waals surface area contributed by atoms with Crippen molar-refractivity contribution >= 4 is 35.0 Å². The summed E-state index contributed by atoms with van der Waals surface area (Å²) >= 11 is 12.6. The number of benzene rings is 2. The normalized spacial score (nSPS) is 18.4. The minimum Gasteiger partial charge on any atom is -0.492 e. The van der Waals surface area contributed by atoms with Crippen molar-refractivity contribution in [2.24, 2.45) is 0 Å². The third kappa shape index (κ3) is 3.66. The number of hydrogen-bond acceptors (Lipinski definition) is 3. The maximum absolute atomic E-state index is 13.7. The second-order valence-corrected chi connectivity index (χ2v) is 7.49. The zero-order chi connectivity index (χ0) is 19.8. The van der Waals surface area contributed by atoms with E-state index in [4.69, 9.17) is 33.0 Å². The number of ketones is 1. The van der Waals surface area contributed by atoms with Crippen LogP contribution in [0.1, 0.15) is 41.3 Å². The van der Waals surface area contributed by atoms with Crippen LogP contribution in [-0.4, -0.2) is 23.5 Å². The highest BCUT2D eigenvalue weighted by Gasteiger charge is 2.45. The van der Waals surface area contributed by atoms with Gasteiger partial charge in [0.2, 0.25) is 0 Å². The predicted molar refractivity (Wildman–Crippen MR) is 101 cm³/mol. The zero-order valence-electron chi connectivity index (χ0n) is 14.5. The number of carbonyl (C=O) groups is 2. The van der Waals surface area contributed by atoms with E-state index in [9.17, 15) is 14.0 Å². The molecule has 1 N–H and O–H groups in total. The van der Waals surface area contributed by atoms with Gasteiger partial charge in [0.25, 0.3) is 0 Å². The van der Waals surface area contributed by atoms with Crippen LogP contribution < -0.4 is 4.74 Å². The second kappa shape index (κ2) is 7.49. The largest absolute Gasteiger partial charge is 0.492 e. The number of fused-ring (bicyclic) bond motifs is 1. The molecule has 0 spiro atoms. The molecule has 1 unspecified atom stereocenters. The summed E-state index contributed by atoms with van der Waals surface area (Å²) < 4.78 is 19.2. The first-order valence-electron chi connectivity index (χ1n) is 8.40. The van der Waals surface area contributed by atoms with Gasteiger partial charge in [0.15, 0.2) is 5.78 Å². The molecule has 0 aliphatic heterocycles. The van der Waals surface area contributed by atoms with Gasteiger partial charge < -0.3 is 9.84 Å². The molecule has 3 rings (SSSR count). The number of carboxylic acids is 1. The number of Topliss-reactive ketones (excluding diaryl/α,β-unsaturated/α-hetero) is 1. The Morgan fingerprint density at radius 2 is 2.04 bits per heavy atom. The van der Waals surface area contributed by atoms with Crippen LogP contribution in [-0.2, 0) is 16.6 Å². The van der Waals surface area contributed by atoms with E-state index in [-0.39, 0.29) is 28.9 Å². The van der Waals surface area contributed by atoms with Gasteiger partial charge in [0.1, 0.15) is 16.6 Å². The van der Waals surface area contributed by atoms with Crippen LogP contribution in [0.5, 0.6) is 5.75 Å². The molecule has 27 heavy (non-hydrogen) atoms. The Kier molecular flexibility index (Phi) is 5.45. The Bertz CT molecular complexity index is 928. The maximum Gasteiger partial charge on any atom is 0.303 e. The summed E-state index contributed by atoms with van der Waals surface area (Å²) in [6.07, 6.45) is 0.639. The minimum absolute atomic E-state index is 0.0214. The van der Waals surface area contributed by atoms with Gasteiger partial charge in [0.05, 0.1) is 17.0 Å². The highest BCUT2D eigenvalue weighted by Crippen LogP contribution is 2.47. The lowest BCUT2D eigenvalue weighted by atomic mass is 9.79. The van der Waals surface area contributed by atoms with Gasteiger partial charge in [-0.3, -0.25) is 9.59 Å². The molecular formula is C20H17Cl2FO4. The fourth-order valence-corrected chi connectivity index (χ4v) is 3.85. The molecule has 142 valence electrons. The summed E-state index contributed by atoms with van der Waals surface area (Å²) in [5.74, 6) is -1.23. The Morgan fingerprint density at radius 1 is 1.30 bits per heavy atom. The molecule has 1 aliphatic rings. The van der Waals surface area contributed by atoms with E-state index in [0.717, 1.165) is 0 Å². The molecule has 0 bridgehead atoms. The highest BCUT2D eigenvalue weighted by molar-refractivity contribution is 6.45. The molecule has 1 aliphatic carbocycles. The fraction of sp³-hybridized carbons (Fsp3) is 0.300. The van der Waals surface area contributed by atoms with Gasteiger partial charge in [-0.2, -0.15) is 0 Å². The molecule has 0 amide bonds. The third-order valence-electron chi connectivity index (χ3n) is 4.78. The minimum atomic E-state index is -0.945. The van der Waals surface area contributed by atoms with Crippen LogP contribution in [0.15, 0.2) is 30.3 Å². The second-order valence-electron chi connectivity index (χ2n) is 6.73. The van der Waals surface area contributed by atoms with Gasteiger partial charge >= 0.3 is 5.97 Å². The molecule has 1 atom stereocenters. The average molecular weight is 411 g/mol. The van der Waals surface area contributed by atoms with Crippen LogP contribution in [0, 0.1) is 5.82 Å². The summed E-state index contributed by atoms with van der Waals surface area (Å²) in [7, 11) is 0. The molecule has 0 fully saturated rings. The molecule has 0 saturated heterocycles. The van der Waals surface area contributed by atoms with Gasteiger partial charge in [-0.1, -0.05) is 35.3 Å². The molecule has 7 heteroatoms. The standard InChI is InChI=1S/C20H17Cl2FO4/c1-20(12-4-2-5-13(23)9-12)10-11-8-14(27-7-3-6-15(24)25)17(21)18(22)16(11)19(20)26/h2,4-5,8-9H,3,6-7,10H2,1H3,(H,24,25). The van der Waals surface area contributed by atoms with Gasteiger partial charge in [-0.25, -0.2) is 4.39 Å². The number of ether oxygens (including phenoxy) is 1. The summed E-state index contributed by atoms with van der Waals surface area (Å²) in [5.41, 5.74) is 0.625. The summed E-state index contributed by atoms with van der Waals surface area (Å²) in [6.45, 7) is 1.91. The first-order valence-corrected chi connectivity index (χ1v) is 9.16. The van der Waals surface area contributed by atoms with Crippen LogP contribution in [0.4, 0.5) is 4.39 Å². The van der Waals surface area contributed by atoms with Crippen molar-refractivity contribution in [1.82, 2.24) is 0 Å². The van der Waals surface area contributed by atoms with Gasteiger partial charge in [-0.05, 0) is 49.1 Å². The SMILES string of the molecule is CC1(c2cccc(F)c2)Cc2cc(OCCCC(=O)O)c(Cl)c(Cl)c2C1=O. The van der Waals surface area contributed by atoms with E-state index in [1.165, 1.54) is 12.1 Å². The topological polar surface area (TPSA) is 63.6 Å². The summed E-state index contributed by atoms with van der Waals surface area (Å²) in [6, 6.07) is 7.62. The number of hydrogen-bond donors (Lipinski definition) is 1. The first-order chi connectivity index (χ1) is 12.7. The van der Waals surface area contributed by atoms with Gasteiger partial charge in [-0.15, -0.1) is 0 Å². The van der Waals surface area contributed by atoms with Crippen molar-refractivity contribution < 1.29 is 23.8 Å². The molecule has 0 saturated carbocycles. The van der Waals surface area contributed by atoms with E-state index in [0.29, 0.717) is 35.3 Å². The molecule has 4 nitrogen and oxygen atoms in total. The number of halogens is 3. The lowest BCUT2D eigenvalue weighted by Gasteiger charge is -2.22. The van der Waals surface area contributed by atoms with Crippen molar-refractivity contribution in [3.8, 4) is 5.75 Å². The Labute approximate surface area is 165 Å². The van der Waals surface area contributed by atoms with E-state index in [1.807, 2.05) is 0 Å². The number of carbonyl (C=O) groups excluding carboxylic acids is 1. The van der Waals surface area contributed by atoms with Crippen molar-refractivity contribution in [3.63, 3.8) is 0 Å². The monoisotopic (exact) mass is 410 g/mol. The smallest absolute Gasteiger partial charge is 0.303 e. The van der Waals surface area contributed by atoms with Crippen molar-refractivity contribution in [2.75, 3.05) is 6.61 Å². The van der Waals surface area contributed by atoms with Gasteiger partial charge in [0, 0.05) is 12.0 Å². The fourth-order valence-electron chi connectivity index (χ4n) is 3.35. The quantitative estimate of drug-likeness (QED) is 0.674. The molecule has 2 aromatic carbocycles. The van der Waals surface area contributed by atoms with E-state index in [1.54, 1.807) is 25.1 Å². The van der Waals surface area contributed by atoms with Crippen LogP contribution in [0.25, 0.3) is 0 Å².